The van der Waals surface area contributed by atoms with Crippen LogP contribution >= 0.6 is 0 Å². The van der Waals surface area contributed by atoms with Crippen LogP contribution in [0, 0.1) is 5.92 Å². The molecule has 136 valence electrons. The summed E-state index contributed by atoms with van der Waals surface area (Å²) >= 11 is 0. The zero-order valence-corrected chi connectivity index (χ0v) is 14.6. The molecule has 26 heavy (non-hydrogen) atoms. The normalized spacial score (nSPS) is 19.6. The van der Waals surface area contributed by atoms with Gasteiger partial charge in [0.05, 0.1) is 6.61 Å². The molecule has 0 amide bonds. The first-order valence-corrected chi connectivity index (χ1v) is 9.12. The van der Waals surface area contributed by atoms with Gasteiger partial charge in [0, 0.05) is 30.6 Å². The lowest BCUT2D eigenvalue weighted by Gasteiger charge is -2.28. The van der Waals surface area contributed by atoms with E-state index in [4.69, 9.17) is 14.6 Å². The second kappa shape index (κ2) is 7.48. The largest absolute Gasteiger partial charge is 0.481 e. The summed E-state index contributed by atoms with van der Waals surface area (Å²) in [5.74, 6) is 1.25. The van der Waals surface area contributed by atoms with Gasteiger partial charge in [0.15, 0.2) is 0 Å². The van der Waals surface area contributed by atoms with Crippen LogP contribution in [0.2, 0.25) is 0 Å². The average molecular weight is 353 g/mol. The number of nitrogens with zero attached hydrogens (tertiary/aromatic N) is 1. The van der Waals surface area contributed by atoms with Crippen molar-refractivity contribution in [2.45, 2.75) is 18.9 Å². The van der Waals surface area contributed by atoms with Gasteiger partial charge in [0.25, 0.3) is 0 Å². The summed E-state index contributed by atoms with van der Waals surface area (Å²) < 4.78 is 12.3. The topological polar surface area (TPSA) is 59.0 Å². The predicted octanol–water partition coefficient (Wildman–Crippen LogP) is 3.69. The number of hydrogen-bond acceptors (Lipinski definition) is 4. The standard InChI is InChI=1S/C21H23NO4/c23-20(24)13-15-9-10-22(14-15)11-12-25-21-16-5-1-3-7-18(16)26-19-8-4-2-6-17(19)21/h1-8,15,21H,9-14H2,(H,23,24). The summed E-state index contributed by atoms with van der Waals surface area (Å²) in [7, 11) is 0. The molecule has 2 aliphatic rings. The molecule has 0 radical (unpaired) electrons. The van der Waals surface area contributed by atoms with Crippen molar-refractivity contribution in [1.29, 1.82) is 0 Å². The third kappa shape index (κ3) is 3.59. The minimum absolute atomic E-state index is 0.131. The molecule has 0 aliphatic carbocycles. The lowest BCUT2D eigenvalue weighted by atomic mass is 9.97. The highest BCUT2D eigenvalue weighted by Gasteiger charge is 2.28. The Labute approximate surface area is 153 Å². The molecule has 1 fully saturated rings. The fourth-order valence-electron chi connectivity index (χ4n) is 3.87. The van der Waals surface area contributed by atoms with Crippen LogP contribution < -0.4 is 4.74 Å². The molecular weight excluding hydrogens is 330 g/mol. The van der Waals surface area contributed by atoms with Crippen LogP contribution in [0.25, 0.3) is 0 Å². The van der Waals surface area contributed by atoms with Crippen LogP contribution in [-0.4, -0.2) is 42.2 Å². The van der Waals surface area contributed by atoms with Gasteiger partial charge >= 0.3 is 5.97 Å². The number of hydrogen-bond donors (Lipinski definition) is 1. The molecule has 4 rings (SSSR count). The van der Waals surface area contributed by atoms with E-state index in [0.29, 0.717) is 6.61 Å². The van der Waals surface area contributed by atoms with E-state index in [2.05, 4.69) is 17.0 Å². The summed E-state index contributed by atoms with van der Waals surface area (Å²) in [5.41, 5.74) is 2.10. The number of aliphatic carboxylic acids is 1. The molecule has 0 bridgehead atoms. The summed E-state index contributed by atoms with van der Waals surface area (Å²) in [6, 6.07) is 16.0. The molecule has 0 saturated carbocycles. The number of rotatable bonds is 6. The Morgan fingerprint density at radius 1 is 1.12 bits per heavy atom. The van der Waals surface area contributed by atoms with E-state index in [1.165, 1.54) is 0 Å². The number of para-hydroxylation sites is 2. The van der Waals surface area contributed by atoms with Crippen molar-refractivity contribution in [2.75, 3.05) is 26.2 Å². The Morgan fingerprint density at radius 2 is 1.77 bits per heavy atom. The highest BCUT2D eigenvalue weighted by Crippen LogP contribution is 2.44. The molecular formula is C21H23NO4. The van der Waals surface area contributed by atoms with Crippen LogP contribution in [0.4, 0.5) is 0 Å². The van der Waals surface area contributed by atoms with Gasteiger partial charge in [-0.25, -0.2) is 0 Å². The van der Waals surface area contributed by atoms with Crippen molar-refractivity contribution < 1.29 is 19.4 Å². The van der Waals surface area contributed by atoms with Gasteiger partial charge in [-0.15, -0.1) is 0 Å². The first kappa shape index (κ1) is 17.1. The van der Waals surface area contributed by atoms with Crippen molar-refractivity contribution in [3.63, 3.8) is 0 Å². The SMILES string of the molecule is O=C(O)CC1CCN(CCOC2c3ccccc3Oc3ccccc32)C1. The molecule has 1 N–H and O–H groups in total. The minimum Gasteiger partial charge on any atom is -0.481 e. The second-order valence-electron chi connectivity index (χ2n) is 6.98. The van der Waals surface area contributed by atoms with Crippen LogP contribution in [0.3, 0.4) is 0 Å². The van der Waals surface area contributed by atoms with E-state index in [9.17, 15) is 4.79 Å². The highest BCUT2D eigenvalue weighted by atomic mass is 16.5. The van der Waals surface area contributed by atoms with Crippen LogP contribution in [0.15, 0.2) is 48.5 Å². The van der Waals surface area contributed by atoms with Gasteiger partial charge in [-0.1, -0.05) is 36.4 Å². The van der Waals surface area contributed by atoms with Crippen molar-refractivity contribution in [2.24, 2.45) is 5.92 Å². The molecule has 2 heterocycles. The molecule has 2 aliphatic heterocycles. The molecule has 2 aromatic rings. The van der Waals surface area contributed by atoms with E-state index >= 15 is 0 Å². The maximum absolute atomic E-state index is 10.9. The third-order valence-electron chi connectivity index (χ3n) is 5.15. The summed E-state index contributed by atoms with van der Waals surface area (Å²) in [5, 5.41) is 8.94. The van der Waals surface area contributed by atoms with E-state index in [1.54, 1.807) is 0 Å². The lowest BCUT2D eigenvalue weighted by Crippen LogP contribution is -2.27. The molecule has 2 aromatic carbocycles. The molecule has 5 nitrogen and oxygen atoms in total. The summed E-state index contributed by atoms with van der Waals surface area (Å²) in [4.78, 5) is 13.2. The lowest BCUT2D eigenvalue weighted by molar-refractivity contribution is -0.138. The number of carbonyl (C=O) groups is 1. The van der Waals surface area contributed by atoms with E-state index in [1.807, 2.05) is 36.4 Å². The molecule has 0 spiro atoms. The number of likely N-dealkylation sites (tertiary alicyclic amines) is 1. The fourth-order valence-corrected chi connectivity index (χ4v) is 3.87. The van der Waals surface area contributed by atoms with Gasteiger partial charge in [-0.2, -0.15) is 0 Å². The number of benzene rings is 2. The Hall–Kier alpha value is -2.37. The number of ether oxygens (including phenoxy) is 2. The first-order chi connectivity index (χ1) is 12.7. The Kier molecular flexibility index (Phi) is 4.91. The number of carboxylic acid groups (broad SMARTS) is 1. The van der Waals surface area contributed by atoms with Crippen LogP contribution in [-0.2, 0) is 9.53 Å². The molecule has 1 saturated heterocycles. The zero-order valence-electron chi connectivity index (χ0n) is 14.6. The quantitative estimate of drug-likeness (QED) is 0.858. The van der Waals surface area contributed by atoms with Crippen molar-refractivity contribution in [3.8, 4) is 11.5 Å². The molecule has 0 aromatic heterocycles. The summed E-state index contributed by atoms with van der Waals surface area (Å²) in [6.45, 7) is 3.21. The van der Waals surface area contributed by atoms with E-state index in [0.717, 1.165) is 48.7 Å². The van der Waals surface area contributed by atoms with Gasteiger partial charge in [0.2, 0.25) is 0 Å². The molecule has 1 atom stereocenters. The van der Waals surface area contributed by atoms with Crippen molar-refractivity contribution in [3.05, 3.63) is 59.7 Å². The smallest absolute Gasteiger partial charge is 0.303 e. The van der Waals surface area contributed by atoms with Gasteiger partial charge in [-0.05, 0) is 31.0 Å². The first-order valence-electron chi connectivity index (χ1n) is 9.12. The van der Waals surface area contributed by atoms with E-state index < -0.39 is 5.97 Å². The Bertz CT molecular complexity index is 746. The number of fused-ring (bicyclic) bond motifs is 2. The van der Waals surface area contributed by atoms with Gasteiger partial charge in [0.1, 0.15) is 17.6 Å². The minimum atomic E-state index is -0.705. The Morgan fingerprint density at radius 3 is 2.42 bits per heavy atom. The highest BCUT2D eigenvalue weighted by molar-refractivity contribution is 5.67. The second-order valence-corrected chi connectivity index (χ2v) is 6.98. The van der Waals surface area contributed by atoms with Crippen LogP contribution in [0.1, 0.15) is 30.1 Å². The summed E-state index contributed by atoms with van der Waals surface area (Å²) in [6.07, 6.45) is 1.08. The van der Waals surface area contributed by atoms with Crippen molar-refractivity contribution in [1.82, 2.24) is 4.90 Å². The average Bonchev–Trinajstić information content (AvgIpc) is 3.07. The third-order valence-corrected chi connectivity index (χ3v) is 5.15. The molecule has 1 unspecified atom stereocenters. The van der Waals surface area contributed by atoms with Gasteiger partial charge in [-0.3, -0.25) is 4.79 Å². The number of carboxylic acids is 1. The fraction of sp³-hybridized carbons (Fsp3) is 0.381. The Balaban J connectivity index is 1.40. The van der Waals surface area contributed by atoms with Crippen LogP contribution in [0.5, 0.6) is 11.5 Å². The maximum atomic E-state index is 10.9. The maximum Gasteiger partial charge on any atom is 0.303 e. The van der Waals surface area contributed by atoms with E-state index in [-0.39, 0.29) is 18.4 Å². The van der Waals surface area contributed by atoms with Gasteiger partial charge < -0.3 is 19.5 Å². The van der Waals surface area contributed by atoms with Crippen molar-refractivity contribution >= 4 is 5.97 Å². The monoisotopic (exact) mass is 353 g/mol. The predicted molar refractivity (Wildman–Crippen MR) is 97.6 cm³/mol. The zero-order chi connectivity index (χ0) is 17.9. The molecule has 5 heteroatoms.